The molecule has 2 N–H and O–H groups in total. The fraction of sp³-hybridized carbons (Fsp3) is 0.538. The monoisotopic (exact) mass is 282 g/mol. The molecule has 1 heterocycles. The van der Waals surface area contributed by atoms with Crippen LogP contribution in [0.3, 0.4) is 0 Å². The normalized spacial score (nSPS) is 26.9. The van der Waals surface area contributed by atoms with E-state index in [-0.39, 0.29) is 0 Å². The molecule has 1 aromatic carbocycles. The Balaban J connectivity index is 1.98. The van der Waals surface area contributed by atoms with E-state index in [1.54, 1.807) is 0 Å². The first-order valence-electron chi connectivity index (χ1n) is 5.88. The number of piperidine rings is 1. The molecule has 16 heavy (non-hydrogen) atoms. The molecule has 2 rings (SSSR count). The molecule has 1 fully saturated rings. The Bertz CT molecular complexity index is 354. The van der Waals surface area contributed by atoms with Gasteiger partial charge in [0.2, 0.25) is 0 Å². The Kier molecular flexibility index (Phi) is 4.00. The van der Waals surface area contributed by atoms with Crippen molar-refractivity contribution in [3.8, 4) is 0 Å². The van der Waals surface area contributed by atoms with Gasteiger partial charge in [-0.15, -0.1) is 0 Å². The van der Waals surface area contributed by atoms with Crippen LogP contribution in [0.25, 0.3) is 0 Å². The number of rotatable bonds is 2. The second-order valence-electron chi connectivity index (χ2n) is 4.76. The van der Waals surface area contributed by atoms with E-state index in [0.29, 0.717) is 12.0 Å². The summed E-state index contributed by atoms with van der Waals surface area (Å²) < 4.78 is 1.21. The van der Waals surface area contributed by atoms with E-state index in [1.165, 1.54) is 10.0 Å². The summed E-state index contributed by atoms with van der Waals surface area (Å²) >= 11 is 3.60. The van der Waals surface area contributed by atoms with E-state index >= 15 is 0 Å². The zero-order valence-electron chi connectivity index (χ0n) is 9.70. The van der Waals surface area contributed by atoms with Crippen molar-refractivity contribution in [2.45, 2.75) is 25.9 Å². The van der Waals surface area contributed by atoms with Gasteiger partial charge in [-0.3, -0.25) is 4.90 Å². The molecule has 2 atom stereocenters. The molecule has 0 aliphatic carbocycles. The van der Waals surface area contributed by atoms with Crippen molar-refractivity contribution in [2.24, 2.45) is 11.7 Å². The highest BCUT2D eigenvalue weighted by Gasteiger charge is 2.23. The summed E-state index contributed by atoms with van der Waals surface area (Å²) in [7, 11) is 0. The van der Waals surface area contributed by atoms with Crippen LogP contribution < -0.4 is 5.73 Å². The fourth-order valence-electron chi connectivity index (χ4n) is 2.26. The van der Waals surface area contributed by atoms with Gasteiger partial charge in [0.1, 0.15) is 0 Å². The molecule has 2 nitrogen and oxygen atoms in total. The summed E-state index contributed by atoms with van der Waals surface area (Å²) in [5, 5.41) is 0. The molecule has 0 radical (unpaired) electrons. The quantitative estimate of drug-likeness (QED) is 0.904. The fourth-order valence-corrected chi connectivity index (χ4v) is 2.67. The summed E-state index contributed by atoms with van der Waals surface area (Å²) in [5.41, 5.74) is 7.39. The van der Waals surface area contributed by atoms with Crippen LogP contribution in [-0.2, 0) is 6.54 Å². The van der Waals surface area contributed by atoms with Gasteiger partial charge in [0.05, 0.1) is 0 Å². The SMILES string of the molecule is CC1CN(Cc2ccccc2Br)CCC1N. The number of halogens is 1. The average molecular weight is 283 g/mol. The average Bonchev–Trinajstić information content (AvgIpc) is 2.27. The minimum absolute atomic E-state index is 0.385. The molecule has 0 saturated carbocycles. The van der Waals surface area contributed by atoms with Crippen molar-refractivity contribution >= 4 is 15.9 Å². The highest BCUT2D eigenvalue weighted by Crippen LogP contribution is 2.21. The van der Waals surface area contributed by atoms with Crippen LogP contribution in [0.4, 0.5) is 0 Å². The maximum absolute atomic E-state index is 6.03. The van der Waals surface area contributed by atoms with Gasteiger partial charge < -0.3 is 5.73 Å². The third-order valence-corrected chi connectivity index (χ3v) is 4.18. The lowest BCUT2D eigenvalue weighted by atomic mass is 9.94. The Labute approximate surface area is 106 Å². The maximum atomic E-state index is 6.03. The molecule has 0 bridgehead atoms. The summed E-state index contributed by atoms with van der Waals surface area (Å²) in [6.45, 7) is 5.50. The van der Waals surface area contributed by atoms with Crippen molar-refractivity contribution in [3.63, 3.8) is 0 Å². The van der Waals surface area contributed by atoms with E-state index in [2.05, 4.69) is 52.0 Å². The number of hydrogen-bond acceptors (Lipinski definition) is 2. The van der Waals surface area contributed by atoms with Gasteiger partial charge in [0.25, 0.3) is 0 Å². The van der Waals surface area contributed by atoms with E-state index in [4.69, 9.17) is 5.73 Å². The van der Waals surface area contributed by atoms with Gasteiger partial charge in [-0.2, -0.15) is 0 Å². The van der Waals surface area contributed by atoms with Crippen LogP contribution in [0, 0.1) is 5.92 Å². The van der Waals surface area contributed by atoms with E-state index < -0.39 is 0 Å². The molecule has 1 aliphatic heterocycles. The van der Waals surface area contributed by atoms with E-state index in [0.717, 1.165) is 26.1 Å². The predicted molar refractivity (Wildman–Crippen MR) is 71.2 cm³/mol. The Hall–Kier alpha value is -0.380. The van der Waals surface area contributed by atoms with Crippen LogP contribution >= 0.6 is 15.9 Å². The predicted octanol–water partition coefficient (Wildman–Crippen LogP) is 2.62. The first-order chi connectivity index (χ1) is 7.66. The molecular formula is C13H19BrN2. The maximum Gasteiger partial charge on any atom is 0.0245 e. The van der Waals surface area contributed by atoms with Crippen molar-refractivity contribution in [3.05, 3.63) is 34.3 Å². The molecule has 1 aliphatic rings. The third kappa shape index (κ3) is 2.84. The summed E-state index contributed by atoms with van der Waals surface area (Å²) in [4.78, 5) is 2.49. The smallest absolute Gasteiger partial charge is 0.0245 e. The van der Waals surface area contributed by atoms with E-state index in [1.807, 2.05) is 0 Å². The Morgan fingerprint density at radius 3 is 2.88 bits per heavy atom. The number of likely N-dealkylation sites (tertiary alicyclic amines) is 1. The first kappa shape index (κ1) is 12.1. The summed E-state index contributed by atoms with van der Waals surface area (Å²) in [5.74, 6) is 0.608. The van der Waals surface area contributed by atoms with Crippen LogP contribution in [-0.4, -0.2) is 24.0 Å². The minimum atomic E-state index is 0.385. The zero-order chi connectivity index (χ0) is 11.5. The molecular weight excluding hydrogens is 264 g/mol. The molecule has 2 unspecified atom stereocenters. The van der Waals surface area contributed by atoms with Crippen molar-refractivity contribution < 1.29 is 0 Å². The zero-order valence-corrected chi connectivity index (χ0v) is 11.3. The lowest BCUT2D eigenvalue weighted by Crippen LogP contribution is -2.45. The number of nitrogens with zero attached hydrogens (tertiary/aromatic N) is 1. The van der Waals surface area contributed by atoms with Gasteiger partial charge in [-0.05, 0) is 30.5 Å². The number of nitrogens with two attached hydrogens (primary N) is 1. The van der Waals surface area contributed by atoms with Gasteiger partial charge in [-0.25, -0.2) is 0 Å². The van der Waals surface area contributed by atoms with Crippen LogP contribution in [0.1, 0.15) is 18.9 Å². The van der Waals surface area contributed by atoms with Crippen molar-refractivity contribution in [1.82, 2.24) is 4.90 Å². The molecule has 1 saturated heterocycles. The van der Waals surface area contributed by atoms with E-state index in [9.17, 15) is 0 Å². The third-order valence-electron chi connectivity index (χ3n) is 3.41. The van der Waals surface area contributed by atoms with Crippen LogP contribution in [0.15, 0.2) is 28.7 Å². The standard InChI is InChI=1S/C13H19BrN2/c1-10-8-16(7-6-13(10)15)9-11-4-2-3-5-12(11)14/h2-5,10,13H,6-9,15H2,1H3. The second-order valence-corrected chi connectivity index (χ2v) is 5.61. The first-order valence-corrected chi connectivity index (χ1v) is 6.67. The summed E-state index contributed by atoms with van der Waals surface area (Å²) in [6.07, 6.45) is 1.12. The van der Waals surface area contributed by atoms with Gasteiger partial charge in [-0.1, -0.05) is 41.1 Å². The largest absolute Gasteiger partial charge is 0.327 e. The molecule has 0 spiro atoms. The van der Waals surface area contributed by atoms with Crippen molar-refractivity contribution in [1.29, 1.82) is 0 Å². The Morgan fingerprint density at radius 2 is 2.19 bits per heavy atom. The van der Waals surface area contributed by atoms with Gasteiger partial charge in [0.15, 0.2) is 0 Å². The number of benzene rings is 1. The van der Waals surface area contributed by atoms with Crippen molar-refractivity contribution in [2.75, 3.05) is 13.1 Å². The highest BCUT2D eigenvalue weighted by molar-refractivity contribution is 9.10. The van der Waals surface area contributed by atoms with Gasteiger partial charge >= 0.3 is 0 Å². The molecule has 0 aromatic heterocycles. The van der Waals surface area contributed by atoms with Gasteiger partial charge in [0, 0.05) is 23.6 Å². The topological polar surface area (TPSA) is 29.3 Å². The Morgan fingerprint density at radius 1 is 1.44 bits per heavy atom. The lowest BCUT2D eigenvalue weighted by Gasteiger charge is -2.35. The molecule has 3 heteroatoms. The molecule has 88 valence electrons. The minimum Gasteiger partial charge on any atom is -0.327 e. The molecule has 1 aromatic rings. The summed E-state index contributed by atoms with van der Waals surface area (Å²) in [6, 6.07) is 8.83. The number of hydrogen-bond donors (Lipinski definition) is 1. The van der Waals surface area contributed by atoms with Crippen LogP contribution in [0.5, 0.6) is 0 Å². The van der Waals surface area contributed by atoms with Crippen LogP contribution in [0.2, 0.25) is 0 Å². The second kappa shape index (κ2) is 5.30. The lowest BCUT2D eigenvalue weighted by molar-refractivity contribution is 0.157. The molecule has 0 amide bonds. The highest BCUT2D eigenvalue weighted by atomic mass is 79.9.